The van der Waals surface area contributed by atoms with Gasteiger partial charge >= 0.3 is 0 Å². The Morgan fingerprint density at radius 1 is 0.265 bits per heavy atom. The van der Waals surface area contributed by atoms with Gasteiger partial charge in [0.05, 0.1) is 0 Å². The average molecular weight is 1240 g/mol. The summed E-state index contributed by atoms with van der Waals surface area (Å²) in [7, 11) is 0. The van der Waals surface area contributed by atoms with E-state index in [0.717, 1.165) is 29.9 Å². The van der Waals surface area contributed by atoms with Crippen LogP contribution in [-0.4, -0.2) is 0 Å². The number of nitrogens with zero attached hydrogens (tertiary/aromatic N) is 1. The fourth-order valence-corrected chi connectivity index (χ4v) is 20.5. The predicted octanol–water partition coefficient (Wildman–Crippen LogP) is 27.5. The van der Waals surface area contributed by atoms with E-state index in [2.05, 4.69) is 195 Å². The normalized spacial score (nSPS) is 11.6. The lowest BCUT2D eigenvalue weighted by Gasteiger charge is -2.25. The molecule has 0 aliphatic heterocycles. The Hall–Kier alpha value is -4.94. The highest BCUT2D eigenvalue weighted by molar-refractivity contribution is 7.30. The van der Waals surface area contributed by atoms with Gasteiger partial charge in [-0.1, -0.05) is 147 Å². The second kappa shape index (κ2) is 29.9. The maximum atomic E-state index is 2.51. The molecule has 11 rings (SSSR count). The summed E-state index contributed by atoms with van der Waals surface area (Å²) in [6.45, 7) is 9.21. The monoisotopic (exact) mass is 1240 g/mol. The number of aryl methyl sites for hydroxylation is 4. The molecule has 0 aliphatic carbocycles. The summed E-state index contributed by atoms with van der Waals surface area (Å²) in [6.07, 6.45) is 25.1. The van der Waals surface area contributed by atoms with E-state index in [0.29, 0.717) is 0 Å². The zero-order valence-corrected chi connectivity index (χ0v) is 55.5. The van der Waals surface area contributed by atoms with E-state index in [-0.39, 0.29) is 0 Å². The van der Waals surface area contributed by atoms with Crippen LogP contribution < -0.4 is 4.90 Å². The minimum Gasteiger partial charge on any atom is -0.311 e. The van der Waals surface area contributed by atoms with Gasteiger partial charge in [-0.25, -0.2) is 0 Å². The quantitative estimate of drug-likeness (QED) is 0.0392. The molecule has 83 heavy (non-hydrogen) atoms. The van der Waals surface area contributed by atoms with Gasteiger partial charge in [0.15, 0.2) is 0 Å². The molecular formula is C74H79NS8. The van der Waals surface area contributed by atoms with E-state index in [4.69, 9.17) is 0 Å². The third-order valence-corrected chi connectivity index (χ3v) is 25.8. The van der Waals surface area contributed by atoms with Crippen molar-refractivity contribution in [1.29, 1.82) is 0 Å². The van der Waals surface area contributed by atoms with Crippen molar-refractivity contribution in [3.63, 3.8) is 0 Å². The van der Waals surface area contributed by atoms with Crippen molar-refractivity contribution in [3.05, 3.63) is 185 Å². The minimum absolute atomic E-state index is 1.12. The van der Waals surface area contributed by atoms with Crippen LogP contribution in [-0.2, 0) is 25.7 Å². The highest BCUT2D eigenvalue weighted by Crippen LogP contribution is 2.49. The smallest absolute Gasteiger partial charge is 0.0481 e. The lowest BCUT2D eigenvalue weighted by molar-refractivity contribution is 0.668. The molecule has 0 amide bonds. The van der Waals surface area contributed by atoms with Gasteiger partial charge < -0.3 is 4.90 Å². The summed E-state index contributed by atoms with van der Waals surface area (Å²) in [5, 5.41) is 4.58. The molecule has 0 unspecified atom stereocenters. The second-order valence-electron chi connectivity index (χ2n) is 22.1. The van der Waals surface area contributed by atoms with E-state index < -0.39 is 0 Å². The topological polar surface area (TPSA) is 3.24 Å². The first-order valence-electron chi connectivity index (χ1n) is 30.8. The van der Waals surface area contributed by atoms with E-state index in [9.17, 15) is 0 Å². The first-order chi connectivity index (χ1) is 41.0. The van der Waals surface area contributed by atoms with Crippen LogP contribution in [0.1, 0.15) is 153 Å². The van der Waals surface area contributed by atoms with Gasteiger partial charge in [-0.2, -0.15) is 0 Å². The lowest BCUT2D eigenvalue weighted by Crippen LogP contribution is -2.09. The van der Waals surface area contributed by atoms with E-state index in [1.807, 2.05) is 90.7 Å². The largest absolute Gasteiger partial charge is 0.311 e. The van der Waals surface area contributed by atoms with Gasteiger partial charge in [-0.15, -0.1) is 90.7 Å². The van der Waals surface area contributed by atoms with Gasteiger partial charge in [-0.3, -0.25) is 0 Å². The molecule has 0 bridgehead atoms. The zero-order valence-electron chi connectivity index (χ0n) is 48.9. The standard InChI is InChI=1S/C74H79NS8/c1-5-9-13-18-24-54-46-48-76-71(54)65-42-38-61(78-65)63-40-44-67(80-63)73-56(26-20-15-11-7-3)50-69(82-73)52-30-34-59(35-31-52)75(58-28-22-17-23-29-58)60-36-32-53(33-37-60)70-51-57(27-21-16-12-8-4)74(83-70)68-45-41-64(81-68)62-39-43-66(79-62)72-55(47-49-77-72)25-19-14-10-6-2/h17,22-23,28-51H,5-16,18-21,24-27H2,1-4H3. The molecule has 428 valence electrons. The Balaban J connectivity index is 0.828. The fraction of sp³-hybridized carbons (Fsp3) is 0.324. The molecule has 0 atom stereocenters. The van der Waals surface area contributed by atoms with Crippen molar-refractivity contribution in [3.8, 4) is 79.4 Å². The summed E-state index contributed by atoms with van der Waals surface area (Å²) < 4.78 is 0. The molecule has 9 heteroatoms. The minimum atomic E-state index is 1.12. The molecule has 0 fully saturated rings. The van der Waals surface area contributed by atoms with Crippen LogP contribution in [0.25, 0.3) is 79.4 Å². The van der Waals surface area contributed by atoms with Crippen LogP contribution in [0.4, 0.5) is 17.1 Å². The molecular weight excluding hydrogens is 1160 g/mol. The van der Waals surface area contributed by atoms with Crippen LogP contribution >= 0.6 is 90.7 Å². The SMILES string of the molecule is CCCCCCc1ccsc1-c1ccc(-c2ccc(-c3sc(-c4ccc(N(c5ccccc5)c5ccc(-c6cc(CCCCCC)c(-c7ccc(-c8ccc(-c9sccc9CCCCCC)s8)s7)s6)cc5)cc4)cc3CCCCCC)s2)s1. The molecule has 11 aromatic rings. The van der Waals surface area contributed by atoms with Crippen molar-refractivity contribution in [2.24, 2.45) is 0 Å². The first-order valence-corrected chi connectivity index (χ1v) is 37.5. The van der Waals surface area contributed by atoms with E-state index in [1.54, 1.807) is 0 Å². The summed E-state index contributed by atoms with van der Waals surface area (Å²) in [5.74, 6) is 0. The summed E-state index contributed by atoms with van der Waals surface area (Å²) in [6, 6.07) is 58.3. The van der Waals surface area contributed by atoms with Crippen molar-refractivity contribution in [2.75, 3.05) is 4.90 Å². The van der Waals surface area contributed by atoms with E-state index >= 15 is 0 Å². The third-order valence-electron chi connectivity index (χ3n) is 15.9. The number of hydrogen-bond acceptors (Lipinski definition) is 9. The summed E-state index contributed by atoms with van der Waals surface area (Å²) >= 11 is 15.6. The highest BCUT2D eigenvalue weighted by Gasteiger charge is 2.21. The lowest BCUT2D eigenvalue weighted by atomic mass is 10.0. The second-order valence-corrected chi connectivity index (χ2v) is 30.4. The number of para-hydroxylation sites is 1. The van der Waals surface area contributed by atoms with Gasteiger partial charge in [0.2, 0.25) is 0 Å². The van der Waals surface area contributed by atoms with Gasteiger partial charge in [0.25, 0.3) is 0 Å². The van der Waals surface area contributed by atoms with Crippen molar-refractivity contribution < 1.29 is 0 Å². The van der Waals surface area contributed by atoms with Gasteiger partial charge in [0, 0.05) is 85.3 Å². The highest BCUT2D eigenvalue weighted by atomic mass is 32.1. The van der Waals surface area contributed by atoms with Gasteiger partial charge in [0.1, 0.15) is 0 Å². The molecule has 8 heterocycles. The molecule has 0 saturated heterocycles. The van der Waals surface area contributed by atoms with E-state index in [1.165, 1.54) is 217 Å². The molecule has 0 radical (unpaired) electrons. The van der Waals surface area contributed by atoms with Crippen LogP contribution in [0.2, 0.25) is 0 Å². The number of anilines is 3. The number of thiophene rings is 8. The molecule has 8 aromatic heterocycles. The molecule has 0 aliphatic rings. The molecule has 0 spiro atoms. The van der Waals surface area contributed by atoms with Crippen LogP contribution in [0.15, 0.2) is 162 Å². The van der Waals surface area contributed by atoms with Crippen molar-refractivity contribution in [2.45, 2.75) is 156 Å². The maximum absolute atomic E-state index is 2.51. The Morgan fingerprint density at radius 2 is 0.590 bits per heavy atom. The summed E-state index contributed by atoms with van der Waals surface area (Å²) in [5.41, 5.74) is 12.1. The maximum Gasteiger partial charge on any atom is 0.0481 e. The summed E-state index contributed by atoms with van der Waals surface area (Å²) in [4.78, 5) is 22.0. The van der Waals surface area contributed by atoms with Gasteiger partial charge in [-0.05, 0) is 205 Å². The van der Waals surface area contributed by atoms with Crippen LogP contribution in [0.3, 0.4) is 0 Å². The van der Waals surface area contributed by atoms with Crippen molar-refractivity contribution >= 4 is 108 Å². The molecule has 0 N–H and O–H groups in total. The van der Waals surface area contributed by atoms with Crippen LogP contribution in [0.5, 0.6) is 0 Å². The number of unbranched alkanes of at least 4 members (excludes halogenated alkanes) is 12. The zero-order chi connectivity index (χ0) is 56.7. The third kappa shape index (κ3) is 14.8. The number of rotatable bonds is 31. The molecule has 3 aromatic carbocycles. The molecule has 0 saturated carbocycles. The molecule has 1 nitrogen and oxygen atoms in total. The number of hydrogen-bond donors (Lipinski definition) is 0. The van der Waals surface area contributed by atoms with Crippen LogP contribution in [0, 0.1) is 0 Å². The Morgan fingerprint density at radius 3 is 0.952 bits per heavy atom. The Labute approximate surface area is 528 Å². The predicted molar refractivity (Wildman–Crippen MR) is 379 cm³/mol. The number of benzene rings is 3. The Kier molecular flexibility index (Phi) is 21.5. The Bertz CT molecular complexity index is 3490. The van der Waals surface area contributed by atoms with Crippen molar-refractivity contribution in [1.82, 2.24) is 0 Å². The first kappa shape index (κ1) is 59.8. The average Bonchev–Trinajstić information content (AvgIpc) is 4.58. The fourth-order valence-electron chi connectivity index (χ4n) is 11.3.